The van der Waals surface area contributed by atoms with Crippen molar-refractivity contribution in [2.75, 3.05) is 11.9 Å². The van der Waals surface area contributed by atoms with Crippen LogP contribution in [0, 0.1) is 11.6 Å². The Labute approximate surface area is 177 Å². The summed E-state index contributed by atoms with van der Waals surface area (Å²) in [5.41, 5.74) is 0.399. The van der Waals surface area contributed by atoms with E-state index in [4.69, 9.17) is 4.74 Å². The molecule has 3 rings (SSSR count). The maximum absolute atomic E-state index is 13.7. The summed E-state index contributed by atoms with van der Waals surface area (Å²) in [6.07, 6.45) is 3.42. The Bertz CT molecular complexity index is 942. The molecule has 0 unspecified atom stereocenters. The monoisotopic (exact) mass is 432 g/mol. The van der Waals surface area contributed by atoms with Crippen molar-refractivity contribution in [3.8, 4) is 0 Å². The molecular weight excluding hydrogens is 410 g/mol. The molecule has 10 heteroatoms. The van der Waals surface area contributed by atoms with Crippen molar-refractivity contribution < 1.29 is 28.2 Å². The first-order chi connectivity index (χ1) is 14.9. The number of ether oxygens (including phenoxy) is 1. The lowest BCUT2D eigenvalue weighted by Crippen LogP contribution is -2.50. The average Bonchev–Trinajstić information content (AvgIpc) is 2.76. The number of aromatic nitrogens is 1. The highest BCUT2D eigenvalue weighted by Crippen LogP contribution is 2.18. The van der Waals surface area contributed by atoms with Crippen LogP contribution in [-0.4, -0.2) is 46.9 Å². The topological polar surface area (TPSA) is 113 Å². The maximum Gasteiger partial charge on any atom is 0.319 e. The molecule has 3 amide bonds. The van der Waals surface area contributed by atoms with Crippen LogP contribution in [0.2, 0.25) is 0 Å². The van der Waals surface area contributed by atoms with Crippen molar-refractivity contribution in [2.45, 2.75) is 31.2 Å². The number of benzene rings is 1. The molecule has 0 bridgehead atoms. The summed E-state index contributed by atoms with van der Waals surface area (Å²) in [4.78, 5) is 28.4. The molecule has 8 nitrogen and oxygen atoms in total. The first kappa shape index (κ1) is 22.3. The van der Waals surface area contributed by atoms with Crippen molar-refractivity contribution in [1.82, 2.24) is 15.6 Å². The number of halogens is 2. The molecule has 0 aliphatic carbocycles. The average molecular weight is 432 g/mol. The summed E-state index contributed by atoms with van der Waals surface area (Å²) in [6.45, 7) is -0.143. The van der Waals surface area contributed by atoms with Crippen molar-refractivity contribution in [2.24, 2.45) is 0 Å². The standard InChI is InChI=1S/C21H22F2N4O4/c22-13-4-6-16(23)18(9-13)27-21(30)26-17-7-5-15(31-19(17)12-28)10-20(29)25-11-14-3-1-2-8-24-14/h1-9,15,17,19,28H,10-12H2,(H,25,29)(H2,26,27,30)/t15-,17-,19-/m1/s1. The number of nitrogens with one attached hydrogen (secondary N) is 3. The third-order valence-corrected chi connectivity index (χ3v) is 4.52. The van der Waals surface area contributed by atoms with Crippen LogP contribution in [0.1, 0.15) is 12.1 Å². The zero-order valence-corrected chi connectivity index (χ0v) is 16.4. The number of carbonyl (C=O) groups excluding carboxylic acids is 2. The van der Waals surface area contributed by atoms with Crippen molar-refractivity contribution in [1.29, 1.82) is 0 Å². The summed E-state index contributed by atoms with van der Waals surface area (Å²) >= 11 is 0. The number of aliphatic hydroxyl groups excluding tert-OH is 1. The normalized spacial score (nSPS) is 20.2. The van der Waals surface area contributed by atoms with E-state index in [1.165, 1.54) is 0 Å². The van der Waals surface area contributed by atoms with E-state index in [0.717, 1.165) is 18.2 Å². The number of urea groups is 1. The molecular formula is C21H22F2N4O4. The Morgan fingerprint density at radius 3 is 2.74 bits per heavy atom. The van der Waals surface area contributed by atoms with Gasteiger partial charge in [0.1, 0.15) is 17.7 Å². The number of nitrogens with zero attached hydrogens (tertiary/aromatic N) is 1. The van der Waals surface area contributed by atoms with Crippen LogP contribution in [0.3, 0.4) is 0 Å². The fourth-order valence-electron chi connectivity index (χ4n) is 2.99. The van der Waals surface area contributed by atoms with Crippen LogP contribution in [0.15, 0.2) is 54.7 Å². The Hall–Kier alpha value is -3.37. The summed E-state index contributed by atoms with van der Waals surface area (Å²) in [5.74, 6) is -1.75. The smallest absolute Gasteiger partial charge is 0.319 e. The van der Waals surface area contributed by atoms with E-state index in [0.29, 0.717) is 5.69 Å². The van der Waals surface area contributed by atoms with E-state index in [9.17, 15) is 23.5 Å². The lowest BCUT2D eigenvalue weighted by atomic mass is 10.0. The van der Waals surface area contributed by atoms with E-state index in [-0.39, 0.29) is 24.6 Å². The minimum Gasteiger partial charge on any atom is -0.394 e. The molecule has 3 atom stereocenters. The highest BCUT2D eigenvalue weighted by molar-refractivity contribution is 5.89. The molecule has 0 saturated carbocycles. The van der Waals surface area contributed by atoms with Crippen molar-refractivity contribution in [3.05, 3.63) is 72.1 Å². The van der Waals surface area contributed by atoms with Crippen LogP contribution in [-0.2, 0) is 16.1 Å². The zero-order chi connectivity index (χ0) is 22.2. The molecule has 4 N–H and O–H groups in total. The number of aliphatic hydroxyl groups is 1. The van der Waals surface area contributed by atoms with Gasteiger partial charge in [0.25, 0.3) is 0 Å². The van der Waals surface area contributed by atoms with Gasteiger partial charge in [-0.15, -0.1) is 0 Å². The number of anilines is 1. The number of carbonyl (C=O) groups is 2. The van der Waals surface area contributed by atoms with Gasteiger partial charge in [-0.2, -0.15) is 0 Å². The number of pyridine rings is 1. The summed E-state index contributed by atoms with van der Waals surface area (Å²) in [7, 11) is 0. The molecule has 0 fully saturated rings. The molecule has 31 heavy (non-hydrogen) atoms. The first-order valence-corrected chi connectivity index (χ1v) is 9.58. The van der Waals surface area contributed by atoms with Crippen LogP contribution in [0.25, 0.3) is 0 Å². The minimum absolute atomic E-state index is 0.0211. The second-order valence-corrected chi connectivity index (χ2v) is 6.83. The van der Waals surface area contributed by atoms with Crippen LogP contribution >= 0.6 is 0 Å². The third-order valence-electron chi connectivity index (χ3n) is 4.52. The molecule has 2 heterocycles. The van der Waals surface area contributed by atoms with Crippen LogP contribution in [0.5, 0.6) is 0 Å². The molecule has 0 spiro atoms. The van der Waals surface area contributed by atoms with Gasteiger partial charge < -0.3 is 25.8 Å². The minimum atomic E-state index is -0.818. The molecule has 0 saturated heterocycles. The maximum atomic E-state index is 13.7. The van der Waals surface area contributed by atoms with Gasteiger partial charge in [-0.25, -0.2) is 13.6 Å². The van der Waals surface area contributed by atoms with Crippen molar-refractivity contribution in [3.63, 3.8) is 0 Å². The molecule has 164 valence electrons. The van der Waals surface area contributed by atoms with Gasteiger partial charge in [-0.05, 0) is 24.3 Å². The fraction of sp³-hybridized carbons (Fsp3) is 0.286. The first-order valence-electron chi connectivity index (χ1n) is 9.58. The van der Waals surface area contributed by atoms with Gasteiger partial charge in [0.05, 0.1) is 43.1 Å². The van der Waals surface area contributed by atoms with Gasteiger partial charge in [0, 0.05) is 12.3 Å². The number of amides is 3. The molecule has 2 aromatic rings. The van der Waals surface area contributed by atoms with E-state index >= 15 is 0 Å². The zero-order valence-electron chi connectivity index (χ0n) is 16.4. The second kappa shape index (κ2) is 10.6. The lowest BCUT2D eigenvalue weighted by Gasteiger charge is -2.31. The number of hydrogen-bond acceptors (Lipinski definition) is 5. The molecule has 0 radical (unpaired) electrons. The largest absolute Gasteiger partial charge is 0.394 e. The number of rotatable bonds is 7. The molecule has 1 aromatic carbocycles. The quantitative estimate of drug-likeness (QED) is 0.499. The summed E-state index contributed by atoms with van der Waals surface area (Å²) in [5, 5.41) is 17.1. The highest BCUT2D eigenvalue weighted by Gasteiger charge is 2.29. The Balaban J connectivity index is 1.51. The molecule has 1 aliphatic heterocycles. The van der Waals surface area contributed by atoms with Gasteiger partial charge in [0.15, 0.2) is 0 Å². The molecule has 1 aliphatic rings. The van der Waals surface area contributed by atoms with E-state index in [1.807, 2.05) is 6.07 Å². The van der Waals surface area contributed by atoms with Crippen LogP contribution in [0.4, 0.5) is 19.3 Å². The van der Waals surface area contributed by atoms with Gasteiger partial charge in [-0.1, -0.05) is 18.2 Å². The Morgan fingerprint density at radius 2 is 2.00 bits per heavy atom. The van der Waals surface area contributed by atoms with Gasteiger partial charge in [0.2, 0.25) is 5.91 Å². The van der Waals surface area contributed by atoms with E-state index in [2.05, 4.69) is 20.9 Å². The molecule has 1 aromatic heterocycles. The summed E-state index contributed by atoms with van der Waals surface area (Å²) in [6, 6.07) is 6.54. The third kappa shape index (κ3) is 6.56. The van der Waals surface area contributed by atoms with Crippen molar-refractivity contribution >= 4 is 17.6 Å². The number of hydrogen-bond donors (Lipinski definition) is 4. The Kier molecular flexibility index (Phi) is 7.63. The lowest BCUT2D eigenvalue weighted by molar-refractivity contribution is -0.125. The summed E-state index contributed by atoms with van der Waals surface area (Å²) < 4.78 is 32.6. The predicted molar refractivity (Wildman–Crippen MR) is 108 cm³/mol. The second-order valence-electron chi connectivity index (χ2n) is 6.83. The SMILES string of the molecule is O=C(C[C@H]1C=C[C@@H](NC(=O)Nc2cc(F)ccc2F)[C@@H](CO)O1)NCc1ccccn1. The van der Waals surface area contributed by atoms with Gasteiger partial charge >= 0.3 is 6.03 Å². The van der Waals surface area contributed by atoms with E-state index < -0.39 is 42.5 Å². The fourth-order valence-corrected chi connectivity index (χ4v) is 2.99. The van der Waals surface area contributed by atoms with Crippen LogP contribution < -0.4 is 16.0 Å². The van der Waals surface area contributed by atoms with E-state index in [1.54, 1.807) is 30.5 Å². The van der Waals surface area contributed by atoms with Gasteiger partial charge in [-0.3, -0.25) is 9.78 Å². The Morgan fingerprint density at radius 1 is 1.16 bits per heavy atom. The predicted octanol–water partition coefficient (Wildman–Crippen LogP) is 1.87. The highest BCUT2D eigenvalue weighted by atomic mass is 19.1.